The summed E-state index contributed by atoms with van der Waals surface area (Å²) in [5.74, 6) is -5.51. The minimum atomic E-state index is -4.30. The van der Waals surface area contributed by atoms with E-state index in [1.165, 1.54) is 31.3 Å². The third kappa shape index (κ3) is 11.3. The van der Waals surface area contributed by atoms with Gasteiger partial charge in [-0.3, -0.25) is 9.59 Å². The number of carbonyl (C=O) groups excluding carboxylic acids is 3. The number of sulfonamides is 1. The topological polar surface area (TPSA) is 152 Å². The molecule has 49 heavy (non-hydrogen) atoms. The highest BCUT2D eigenvalue weighted by atomic mass is 35.5. The number of benzene rings is 3. The predicted molar refractivity (Wildman–Crippen MR) is 177 cm³/mol. The smallest absolute Gasteiger partial charge is 0.408 e. The number of amides is 3. The highest BCUT2D eigenvalue weighted by molar-refractivity contribution is 7.89. The molecule has 266 valence electrons. The number of halogens is 4. The van der Waals surface area contributed by atoms with Gasteiger partial charge in [0.15, 0.2) is 11.6 Å². The van der Waals surface area contributed by atoms with Crippen molar-refractivity contribution in [2.75, 3.05) is 39.9 Å². The summed E-state index contributed by atoms with van der Waals surface area (Å²) < 4.78 is 72.9. The van der Waals surface area contributed by atoms with Crippen LogP contribution in [-0.2, 0) is 46.2 Å². The Labute approximate surface area is 293 Å². The van der Waals surface area contributed by atoms with Gasteiger partial charge in [-0.05, 0) is 49.7 Å². The lowest BCUT2D eigenvalue weighted by molar-refractivity contribution is -0.249. The van der Waals surface area contributed by atoms with E-state index < -0.39 is 64.5 Å². The lowest BCUT2D eigenvalue weighted by Gasteiger charge is -2.37. The van der Waals surface area contributed by atoms with Crippen LogP contribution in [0.15, 0.2) is 71.6 Å². The molecule has 0 aliphatic carbocycles. The van der Waals surface area contributed by atoms with E-state index in [0.717, 1.165) is 17.0 Å². The van der Waals surface area contributed by atoms with E-state index in [-0.39, 0.29) is 46.9 Å². The molecule has 0 bridgehead atoms. The van der Waals surface area contributed by atoms with Crippen LogP contribution in [-0.4, -0.2) is 77.2 Å². The minimum Gasteiger partial charge on any atom is -0.445 e. The Morgan fingerprint density at radius 3 is 2.22 bits per heavy atom. The zero-order valence-electron chi connectivity index (χ0n) is 26.8. The SMILES string of the molecule is CCOC(CN(C)C(=O)CNC(=O)C(CNS(=O)(=O)c1ccc(Cl)cc1Cl)NC(=O)OCc1ccccc1)(OCC)c1ccc(F)c(F)c1. The maximum Gasteiger partial charge on any atom is 0.408 e. The Morgan fingerprint density at radius 1 is 0.939 bits per heavy atom. The zero-order chi connectivity index (χ0) is 36.2. The predicted octanol–water partition coefficient (Wildman–Crippen LogP) is 4.35. The summed E-state index contributed by atoms with van der Waals surface area (Å²) in [4.78, 5) is 39.9. The summed E-state index contributed by atoms with van der Waals surface area (Å²) in [5.41, 5.74) is 0.772. The summed E-state index contributed by atoms with van der Waals surface area (Å²) in [6.45, 7) is 1.77. The van der Waals surface area contributed by atoms with Crippen LogP contribution < -0.4 is 15.4 Å². The largest absolute Gasteiger partial charge is 0.445 e. The van der Waals surface area contributed by atoms with Crippen LogP contribution in [0.1, 0.15) is 25.0 Å². The van der Waals surface area contributed by atoms with Crippen LogP contribution in [0.25, 0.3) is 0 Å². The number of ether oxygens (including phenoxy) is 3. The van der Waals surface area contributed by atoms with Crippen molar-refractivity contribution in [2.45, 2.75) is 37.2 Å². The van der Waals surface area contributed by atoms with E-state index in [2.05, 4.69) is 15.4 Å². The van der Waals surface area contributed by atoms with E-state index in [1.807, 2.05) is 0 Å². The van der Waals surface area contributed by atoms with Gasteiger partial charge in [-0.2, -0.15) is 0 Å². The molecule has 3 aromatic rings. The summed E-state index contributed by atoms with van der Waals surface area (Å²) in [5, 5.41) is 4.70. The zero-order valence-corrected chi connectivity index (χ0v) is 29.1. The first kappa shape index (κ1) is 39.6. The molecular weight excluding hydrogens is 709 g/mol. The Balaban J connectivity index is 1.74. The van der Waals surface area contributed by atoms with Gasteiger partial charge >= 0.3 is 6.09 Å². The van der Waals surface area contributed by atoms with Gasteiger partial charge < -0.3 is 29.7 Å². The van der Waals surface area contributed by atoms with Gasteiger partial charge in [-0.1, -0.05) is 59.6 Å². The molecule has 3 rings (SSSR count). The quantitative estimate of drug-likeness (QED) is 0.173. The summed E-state index contributed by atoms with van der Waals surface area (Å²) in [6, 6.07) is 13.9. The molecular formula is C32H36Cl2F2N4O8S. The molecule has 1 atom stereocenters. The molecule has 0 aliphatic heterocycles. The number of hydrogen-bond acceptors (Lipinski definition) is 8. The Morgan fingerprint density at radius 2 is 1.61 bits per heavy atom. The van der Waals surface area contributed by atoms with Crippen LogP contribution in [0, 0.1) is 11.6 Å². The molecule has 0 aliphatic rings. The standard InChI is InChI=1S/C32H36Cl2F2N4O8S/c1-4-47-32(48-5-2,22-11-13-25(35)26(36)15-22)20-40(3)29(41)18-37-30(42)27(39-31(43)46-19-21-9-7-6-8-10-21)17-38-49(44,45)28-14-12-23(33)16-24(28)34/h6-16,27,38H,4-5,17-20H2,1-3H3,(H,37,42)(H,39,43). The van der Waals surface area contributed by atoms with Gasteiger partial charge in [0.1, 0.15) is 17.5 Å². The fraction of sp³-hybridized carbons (Fsp3) is 0.344. The molecule has 3 amide bonds. The fourth-order valence-corrected chi connectivity index (χ4v) is 6.31. The second kappa shape index (κ2) is 18.2. The Kier molecular flexibility index (Phi) is 14.7. The van der Waals surface area contributed by atoms with E-state index in [4.69, 9.17) is 37.4 Å². The van der Waals surface area contributed by atoms with Gasteiger partial charge in [0.25, 0.3) is 0 Å². The molecule has 17 heteroatoms. The molecule has 3 aromatic carbocycles. The third-order valence-electron chi connectivity index (χ3n) is 6.88. The molecule has 0 saturated heterocycles. The summed E-state index contributed by atoms with van der Waals surface area (Å²) in [6.07, 6.45) is -1.04. The number of likely N-dealkylation sites (N-methyl/N-ethyl adjacent to an activating group) is 1. The lowest BCUT2D eigenvalue weighted by Crippen LogP contribution is -2.54. The van der Waals surface area contributed by atoms with Crippen LogP contribution in [0.5, 0.6) is 0 Å². The molecule has 0 radical (unpaired) electrons. The number of rotatable bonds is 17. The van der Waals surface area contributed by atoms with Crippen molar-refractivity contribution in [3.63, 3.8) is 0 Å². The summed E-state index contributed by atoms with van der Waals surface area (Å²) in [7, 11) is -2.92. The number of nitrogens with one attached hydrogen (secondary N) is 3. The monoisotopic (exact) mass is 744 g/mol. The Hall–Kier alpha value is -3.86. The third-order valence-corrected chi connectivity index (χ3v) is 9.02. The number of hydrogen-bond donors (Lipinski definition) is 3. The van der Waals surface area contributed by atoms with Crippen molar-refractivity contribution in [3.05, 3.63) is 99.5 Å². The van der Waals surface area contributed by atoms with Gasteiger partial charge in [-0.25, -0.2) is 26.7 Å². The van der Waals surface area contributed by atoms with Gasteiger partial charge in [0.05, 0.1) is 18.1 Å². The first-order valence-electron chi connectivity index (χ1n) is 14.9. The van der Waals surface area contributed by atoms with Crippen molar-refractivity contribution >= 4 is 51.1 Å². The van der Waals surface area contributed by atoms with Crippen molar-refractivity contribution in [1.82, 2.24) is 20.3 Å². The number of carbonyl (C=O) groups is 3. The average Bonchev–Trinajstić information content (AvgIpc) is 3.06. The van der Waals surface area contributed by atoms with Crippen molar-refractivity contribution in [2.24, 2.45) is 0 Å². The molecule has 1 unspecified atom stereocenters. The molecule has 0 aromatic heterocycles. The lowest BCUT2D eigenvalue weighted by atomic mass is 10.0. The molecule has 3 N–H and O–H groups in total. The van der Waals surface area contributed by atoms with Crippen molar-refractivity contribution in [3.8, 4) is 0 Å². The maximum atomic E-state index is 14.2. The fourth-order valence-electron chi connectivity index (χ4n) is 4.49. The van der Waals surface area contributed by atoms with Crippen LogP contribution in [0.4, 0.5) is 13.6 Å². The highest BCUT2D eigenvalue weighted by Crippen LogP contribution is 2.30. The molecule has 0 fully saturated rings. The van der Waals surface area contributed by atoms with Crippen molar-refractivity contribution < 1.29 is 45.8 Å². The van der Waals surface area contributed by atoms with Gasteiger partial charge in [0.2, 0.25) is 27.6 Å². The second-order valence-electron chi connectivity index (χ2n) is 10.4. The Bertz CT molecular complexity index is 1710. The van der Waals surface area contributed by atoms with Crippen molar-refractivity contribution in [1.29, 1.82) is 0 Å². The molecule has 0 saturated carbocycles. The highest BCUT2D eigenvalue weighted by Gasteiger charge is 2.37. The van der Waals surface area contributed by atoms with Crippen LogP contribution in [0.3, 0.4) is 0 Å². The van der Waals surface area contributed by atoms with E-state index in [0.29, 0.717) is 5.56 Å². The van der Waals surface area contributed by atoms with E-state index in [9.17, 15) is 31.6 Å². The average molecular weight is 746 g/mol. The molecule has 12 nitrogen and oxygen atoms in total. The molecule has 0 spiro atoms. The minimum absolute atomic E-state index is 0.0859. The second-order valence-corrected chi connectivity index (χ2v) is 13.0. The van der Waals surface area contributed by atoms with Gasteiger partial charge in [0, 0.05) is 37.4 Å². The maximum absolute atomic E-state index is 14.2. The summed E-state index contributed by atoms with van der Waals surface area (Å²) >= 11 is 11.9. The molecule has 0 heterocycles. The normalized spacial score (nSPS) is 12.2. The first-order valence-corrected chi connectivity index (χ1v) is 17.1. The number of alkyl carbamates (subject to hydrolysis) is 1. The number of nitrogens with zero attached hydrogens (tertiary/aromatic N) is 1. The van der Waals surface area contributed by atoms with Crippen LogP contribution in [0.2, 0.25) is 10.0 Å². The van der Waals surface area contributed by atoms with E-state index >= 15 is 0 Å². The van der Waals surface area contributed by atoms with E-state index in [1.54, 1.807) is 44.2 Å². The van der Waals surface area contributed by atoms with Crippen LogP contribution >= 0.6 is 23.2 Å². The first-order chi connectivity index (χ1) is 23.2. The van der Waals surface area contributed by atoms with Gasteiger partial charge in [-0.15, -0.1) is 0 Å².